The highest BCUT2D eigenvalue weighted by molar-refractivity contribution is 5.85. The van der Waals surface area contributed by atoms with Crippen LogP contribution in [0.3, 0.4) is 0 Å². The van der Waals surface area contributed by atoms with Gasteiger partial charge in [-0.25, -0.2) is 0 Å². The first-order valence-electron chi connectivity index (χ1n) is 2.30. The quantitative estimate of drug-likeness (QED) is 0.388. The zero-order valence-electron chi connectivity index (χ0n) is 4.77. The monoisotopic (exact) mass is 158 g/mol. The molecule has 0 aromatic heterocycles. The van der Waals surface area contributed by atoms with Gasteiger partial charge in [0.2, 0.25) is 0 Å². The van der Waals surface area contributed by atoms with Crippen molar-refractivity contribution in [2.24, 2.45) is 0 Å². The van der Waals surface area contributed by atoms with Crippen LogP contribution >= 0.6 is 12.4 Å². The third kappa shape index (κ3) is 4.62. The Morgan fingerprint density at radius 1 is 0.889 bits per heavy atom. The third-order valence-electron chi connectivity index (χ3n) is 0.818. The molecule has 0 amide bonds. The van der Waals surface area contributed by atoms with Crippen molar-refractivity contribution in [3.05, 3.63) is 0 Å². The topological polar surface area (TPSA) is 80.9 Å². The maximum Gasteiger partial charge on any atom is 0.105 e. The average molecular weight is 159 g/mol. The van der Waals surface area contributed by atoms with Crippen molar-refractivity contribution in [3.63, 3.8) is 0 Å². The summed E-state index contributed by atoms with van der Waals surface area (Å²) in [7, 11) is 0. The molecule has 0 saturated heterocycles. The van der Waals surface area contributed by atoms with Crippen molar-refractivity contribution in [1.82, 2.24) is 0 Å². The van der Waals surface area contributed by atoms with Crippen molar-refractivity contribution in [2.45, 2.75) is 12.2 Å². The maximum atomic E-state index is 8.47. The lowest BCUT2D eigenvalue weighted by molar-refractivity contribution is -0.0388. The van der Waals surface area contributed by atoms with Gasteiger partial charge in [-0.1, -0.05) is 0 Å². The molecule has 0 aliphatic rings. The lowest BCUT2D eigenvalue weighted by Crippen LogP contribution is -2.31. The molecule has 0 unspecified atom stereocenters. The zero-order valence-corrected chi connectivity index (χ0v) is 5.58. The SMILES string of the molecule is Cl.OC[C@@H](O)[C@@H](O)CO. The molecule has 58 valence electrons. The number of halogens is 1. The van der Waals surface area contributed by atoms with Gasteiger partial charge in [-0.2, -0.15) is 0 Å². The summed E-state index contributed by atoms with van der Waals surface area (Å²) in [5.74, 6) is 0. The van der Waals surface area contributed by atoms with Gasteiger partial charge in [0.15, 0.2) is 0 Å². The van der Waals surface area contributed by atoms with Gasteiger partial charge in [0.05, 0.1) is 13.2 Å². The highest BCUT2D eigenvalue weighted by Gasteiger charge is 2.12. The fourth-order valence-electron chi connectivity index (χ4n) is 0.243. The van der Waals surface area contributed by atoms with Gasteiger partial charge in [-0.05, 0) is 0 Å². The molecular formula is C4H11ClO4. The Balaban J connectivity index is 0. The number of hydrogen-bond donors (Lipinski definition) is 4. The van der Waals surface area contributed by atoms with Crippen molar-refractivity contribution >= 4 is 12.4 Å². The van der Waals surface area contributed by atoms with E-state index in [9.17, 15) is 0 Å². The summed E-state index contributed by atoms with van der Waals surface area (Å²) in [4.78, 5) is 0. The third-order valence-corrected chi connectivity index (χ3v) is 0.818. The highest BCUT2D eigenvalue weighted by atomic mass is 35.5. The van der Waals surface area contributed by atoms with Crippen LogP contribution < -0.4 is 0 Å². The Hall–Kier alpha value is 0.130. The molecule has 0 saturated carbocycles. The van der Waals surface area contributed by atoms with Gasteiger partial charge in [0.25, 0.3) is 0 Å². The lowest BCUT2D eigenvalue weighted by atomic mass is 10.2. The number of aliphatic hydroxyl groups excluding tert-OH is 4. The van der Waals surface area contributed by atoms with Gasteiger partial charge < -0.3 is 20.4 Å². The number of aliphatic hydroxyl groups is 4. The van der Waals surface area contributed by atoms with E-state index in [4.69, 9.17) is 20.4 Å². The van der Waals surface area contributed by atoms with Gasteiger partial charge >= 0.3 is 0 Å². The summed E-state index contributed by atoms with van der Waals surface area (Å²) in [6, 6.07) is 0. The van der Waals surface area contributed by atoms with Crippen LogP contribution in [0.2, 0.25) is 0 Å². The normalized spacial score (nSPS) is 16.0. The van der Waals surface area contributed by atoms with E-state index in [-0.39, 0.29) is 12.4 Å². The molecule has 0 spiro atoms. The summed E-state index contributed by atoms with van der Waals surface area (Å²) in [5, 5.41) is 33.2. The molecule has 4 N–H and O–H groups in total. The van der Waals surface area contributed by atoms with Crippen LogP contribution in [-0.4, -0.2) is 45.8 Å². The van der Waals surface area contributed by atoms with Crippen molar-refractivity contribution in [2.75, 3.05) is 13.2 Å². The second-order valence-electron chi connectivity index (χ2n) is 1.50. The molecule has 2 atom stereocenters. The predicted molar refractivity (Wildman–Crippen MR) is 33.4 cm³/mol. The number of rotatable bonds is 3. The van der Waals surface area contributed by atoms with Crippen LogP contribution in [0, 0.1) is 0 Å². The minimum absolute atomic E-state index is 0. The molecule has 0 aliphatic heterocycles. The summed E-state index contributed by atoms with van der Waals surface area (Å²) < 4.78 is 0. The first kappa shape index (κ1) is 11.9. The number of hydrogen-bond acceptors (Lipinski definition) is 4. The van der Waals surface area contributed by atoms with Crippen molar-refractivity contribution in [3.8, 4) is 0 Å². The minimum atomic E-state index is -1.22. The van der Waals surface area contributed by atoms with E-state index in [0.29, 0.717) is 0 Å². The molecule has 9 heavy (non-hydrogen) atoms. The van der Waals surface area contributed by atoms with Gasteiger partial charge in [0, 0.05) is 0 Å². The summed E-state index contributed by atoms with van der Waals surface area (Å²) >= 11 is 0. The second-order valence-corrected chi connectivity index (χ2v) is 1.50. The van der Waals surface area contributed by atoms with Crippen LogP contribution in [0.25, 0.3) is 0 Å². The molecule has 5 heteroatoms. The van der Waals surface area contributed by atoms with E-state index in [1.54, 1.807) is 0 Å². The Morgan fingerprint density at radius 3 is 1.22 bits per heavy atom. The Bertz CT molecular complexity index is 52.5. The van der Waals surface area contributed by atoms with Crippen LogP contribution in [0.5, 0.6) is 0 Å². The van der Waals surface area contributed by atoms with Crippen LogP contribution in [0.4, 0.5) is 0 Å². The molecule has 0 radical (unpaired) electrons. The molecule has 4 nitrogen and oxygen atoms in total. The van der Waals surface area contributed by atoms with Gasteiger partial charge in [0.1, 0.15) is 12.2 Å². The fraction of sp³-hybridized carbons (Fsp3) is 1.00. The molecule has 0 aromatic carbocycles. The summed E-state index contributed by atoms with van der Waals surface area (Å²) in [5.41, 5.74) is 0. The maximum absolute atomic E-state index is 8.47. The molecule has 0 aliphatic carbocycles. The smallest absolute Gasteiger partial charge is 0.105 e. The molecule has 0 heterocycles. The van der Waals surface area contributed by atoms with Crippen molar-refractivity contribution < 1.29 is 20.4 Å². The second kappa shape index (κ2) is 6.25. The largest absolute Gasteiger partial charge is 0.394 e. The molecule has 0 bridgehead atoms. The average Bonchev–Trinajstić information content (AvgIpc) is 1.84. The van der Waals surface area contributed by atoms with Crippen LogP contribution in [0.1, 0.15) is 0 Å². The van der Waals surface area contributed by atoms with E-state index >= 15 is 0 Å². The molecular weight excluding hydrogens is 147 g/mol. The Morgan fingerprint density at radius 2 is 1.11 bits per heavy atom. The van der Waals surface area contributed by atoms with Gasteiger partial charge in [-0.3, -0.25) is 0 Å². The first-order valence-corrected chi connectivity index (χ1v) is 2.30. The van der Waals surface area contributed by atoms with E-state index in [1.165, 1.54) is 0 Å². The molecule has 0 aromatic rings. The predicted octanol–water partition coefficient (Wildman–Crippen LogP) is -1.89. The lowest BCUT2D eigenvalue weighted by Gasteiger charge is -2.10. The van der Waals surface area contributed by atoms with E-state index in [1.807, 2.05) is 0 Å². The summed E-state index contributed by atoms with van der Waals surface area (Å²) in [6.45, 7) is -1.05. The van der Waals surface area contributed by atoms with E-state index in [0.717, 1.165) is 0 Å². The van der Waals surface area contributed by atoms with E-state index < -0.39 is 25.4 Å². The van der Waals surface area contributed by atoms with Gasteiger partial charge in [-0.15, -0.1) is 12.4 Å². The Kier molecular flexibility index (Phi) is 8.25. The van der Waals surface area contributed by atoms with Crippen LogP contribution in [0.15, 0.2) is 0 Å². The first-order chi connectivity index (χ1) is 3.72. The minimum Gasteiger partial charge on any atom is -0.394 e. The molecule has 0 rings (SSSR count). The highest BCUT2D eigenvalue weighted by Crippen LogP contribution is 1.88. The fourth-order valence-corrected chi connectivity index (χ4v) is 0.243. The van der Waals surface area contributed by atoms with Crippen LogP contribution in [-0.2, 0) is 0 Å². The molecule has 0 fully saturated rings. The van der Waals surface area contributed by atoms with Crippen molar-refractivity contribution in [1.29, 1.82) is 0 Å². The zero-order chi connectivity index (χ0) is 6.57. The standard InChI is InChI=1S/C4H10O4.ClH/c5-1-3(7)4(8)2-6;/h3-8H,1-2H2;1H/t3-,4+;. The van der Waals surface area contributed by atoms with E-state index in [2.05, 4.69) is 0 Å². The summed E-state index contributed by atoms with van der Waals surface area (Å²) in [6.07, 6.45) is -2.44. The Labute approximate surface area is 59.2 Å².